The van der Waals surface area contributed by atoms with E-state index < -0.39 is 0 Å². The smallest absolute Gasteiger partial charge is 0.161 e. The number of nitrogen functional groups attached to an aromatic ring is 1. The summed E-state index contributed by atoms with van der Waals surface area (Å²) in [5.74, 6) is 1.76. The van der Waals surface area contributed by atoms with Gasteiger partial charge in [-0.05, 0) is 18.9 Å². The summed E-state index contributed by atoms with van der Waals surface area (Å²) in [5, 5.41) is 0. The lowest BCUT2D eigenvalue weighted by Gasteiger charge is -1.97. The highest BCUT2D eigenvalue weighted by Crippen LogP contribution is 2.40. The summed E-state index contributed by atoms with van der Waals surface area (Å²) in [6.07, 6.45) is 4.23. The number of aromatic nitrogens is 3. The minimum absolute atomic E-state index is 0.633. The Morgan fingerprint density at radius 1 is 1.50 bits per heavy atom. The maximum absolute atomic E-state index is 5.84. The van der Waals surface area contributed by atoms with Crippen molar-refractivity contribution in [3.05, 3.63) is 18.1 Å². The number of nitrogens with zero attached hydrogens (tertiary/aromatic N) is 3. The summed E-state index contributed by atoms with van der Waals surface area (Å²) in [6.45, 7) is 0. The van der Waals surface area contributed by atoms with E-state index >= 15 is 0 Å². The third-order valence-corrected chi connectivity index (χ3v) is 2.77. The second-order valence-electron chi connectivity index (χ2n) is 3.88. The number of fused-ring (bicyclic) bond motifs is 1. The van der Waals surface area contributed by atoms with Gasteiger partial charge in [0, 0.05) is 19.2 Å². The summed E-state index contributed by atoms with van der Waals surface area (Å²) >= 11 is 0. The lowest BCUT2D eigenvalue weighted by Crippen LogP contribution is -1.96. The summed E-state index contributed by atoms with van der Waals surface area (Å²) in [6, 6.07) is 1.80. The molecular formula is C10H12N4. The fourth-order valence-corrected chi connectivity index (χ4v) is 1.82. The summed E-state index contributed by atoms with van der Waals surface area (Å²) < 4.78 is 2.06. The number of hydrogen-bond donors (Lipinski definition) is 1. The molecule has 4 heteroatoms. The predicted octanol–water partition coefficient (Wildman–Crippen LogP) is 1.43. The van der Waals surface area contributed by atoms with Gasteiger partial charge in [-0.25, -0.2) is 9.97 Å². The first-order chi connectivity index (χ1) is 6.77. The van der Waals surface area contributed by atoms with Gasteiger partial charge in [-0.2, -0.15) is 0 Å². The zero-order valence-corrected chi connectivity index (χ0v) is 8.07. The van der Waals surface area contributed by atoms with Gasteiger partial charge in [0.05, 0.1) is 5.69 Å². The zero-order chi connectivity index (χ0) is 9.71. The molecular weight excluding hydrogens is 176 g/mol. The number of aryl methyl sites for hydroxylation is 1. The average Bonchev–Trinajstić information content (AvgIpc) is 2.94. The van der Waals surface area contributed by atoms with Crippen LogP contribution in [0, 0.1) is 0 Å². The standard InChI is InChI=1S/C10H12N4/c1-14-9(6-2-3-6)13-8-7(11)4-5-12-10(8)14/h4-6H,2-3H2,1H3,(H2,11,12). The second kappa shape index (κ2) is 2.47. The highest BCUT2D eigenvalue weighted by molar-refractivity contribution is 5.84. The van der Waals surface area contributed by atoms with E-state index in [0.29, 0.717) is 5.92 Å². The molecule has 1 aliphatic carbocycles. The van der Waals surface area contributed by atoms with Crippen LogP contribution in [0.3, 0.4) is 0 Å². The Morgan fingerprint density at radius 3 is 2.93 bits per heavy atom. The Labute approximate surface area is 81.8 Å². The van der Waals surface area contributed by atoms with E-state index in [1.54, 1.807) is 12.3 Å². The zero-order valence-electron chi connectivity index (χ0n) is 8.07. The van der Waals surface area contributed by atoms with Gasteiger partial charge in [0.15, 0.2) is 5.65 Å². The lowest BCUT2D eigenvalue weighted by molar-refractivity contribution is 0.812. The molecule has 0 radical (unpaired) electrons. The van der Waals surface area contributed by atoms with Crippen molar-refractivity contribution in [1.29, 1.82) is 0 Å². The minimum Gasteiger partial charge on any atom is -0.397 e. The second-order valence-corrected chi connectivity index (χ2v) is 3.88. The van der Waals surface area contributed by atoms with Gasteiger partial charge >= 0.3 is 0 Å². The van der Waals surface area contributed by atoms with Gasteiger partial charge in [0.25, 0.3) is 0 Å². The fourth-order valence-electron chi connectivity index (χ4n) is 1.82. The van der Waals surface area contributed by atoms with Crippen molar-refractivity contribution >= 4 is 16.9 Å². The molecule has 0 spiro atoms. The van der Waals surface area contributed by atoms with E-state index in [-0.39, 0.29) is 0 Å². The molecule has 0 unspecified atom stereocenters. The number of imidazole rings is 1. The molecule has 14 heavy (non-hydrogen) atoms. The molecule has 1 saturated carbocycles. The number of rotatable bonds is 1. The molecule has 1 aliphatic rings. The van der Waals surface area contributed by atoms with Crippen molar-refractivity contribution in [1.82, 2.24) is 14.5 Å². The van der Waals surface area contributed by atoms with Crippen LogP contribution >= 0.6 is 0 Å². The van der Waals surface area contributed by atoms with Crippen molar-refractivity contribution in [3.63, 3.8) is 0 Å². The van der Waals surface area contributed by atoms with Crippen LogP contribution in [0.15, 0.2) is 12.3 Å². The molecule has 2 aromatic heterocycles. The highest BCUT2D eigenvalue weighted by Gasteiger charge is 2.29. The van der Waals surface area contributed by atoms with Crippen LogP contribution in [-0.4, -0.2) is 14.5 Å². The molecule has 0 bridgehead atoms. The monoisotopic (exact) mass is 188 g/mol. The molecule has 2 aromatic rings. The first kappa shape index (κ1) is 7.79. The van der Waals surface area contributed by atoms with E-state index in [0.717, 1.165) is 22.7 Å². The highest BCUT2D eigenvalue weighted by atomic mass is 15.1. The molecule has 72 valence electrons. The summed E-state index contributed by atoms with van der Waals surface area (Å²) in [4.78, 5) is 8.84. The molecule has 1 fully saturated rings. The number of nitrogens with two attached hydrogens (primary N) is 1. The van der Waals surface area contributed by atoms with Gasteiger partial charge in [0.1, 0.15) is 11.3 Å². The third-order valence-electron chi connectivity index (χ3n) is 2.77. The van der Waals surface area contributed by atoms with Crippen LogP contribution in [0.1, 0.15) is 24.6 Å². The van der Waals surface area contributed by atoms with Crippen molar-refractivity contribution in [2.24, 2.45) is 7.05 Å². The van der Waals surface area contributed by atoms with Gasteiger partial charge < -0.3 is 10.3 Å². The molecule has 0 amide bonds. The van der Waals surface area contributed by atoms with Crippen LogP contribution in [-0.2, 0) is 7.05 Å². The Kier molecular flexibility index (Phi) is 1.37. The van der Waals surface area contributed by atoms with E-state index in [1.165, 1.54) is 12.8 Å². The van der Waals surface area contributed by atoms with Crippen LogP contribution in [0.2, 0.25) is 0 Å². The third kappa shape index (κ3) is 0.937. The quantitative estimate of drug-likeness (QED) is 0.736. The normalized spacial score (nSPS) is 16.4. The van der Waals surface area contributed by atoms with Gasteiger partial charge in [-0.15, -0.1) is 0 Å². The first-order valence-electron chi connectivity index (χ1n) is 4.84. The lowest BCUT2D eigenvalue weighted by atomic mass is 10.4. The van der Waals surface area contributed by atoms with Crippen molar-refractivity contribution in [2.45, 2.75) is 18.8 Å². The van der Waals surface area contributed by atoms with E-state index in [4.69, 9.17) is 5.73 Å². The molecule has 2 N–H and O–H groups in total. The number of hydrogen-bond acceptors (Lipinski definition) is 3. The Morgan fingerprint density at radius 2 is 2.29 bits per heavy atom. The SMILES string of the molecule is Cn1c(C2CC2)nc2c(N)ccnc21. The molecule has 4 nitrogen and oxygen atoms in total. The maximum atomic E-state index is 5.84. The van der Waals surface area contributed by atoms with Crippen molar-refractivity contribution in [2.75, 3.05) is 5.73 Å². The Hall–Kier alpha value is -1.58. The van der Waals surface area contributed by atoms with E-state index in [2.05, 4.69) is 14.5 Å². The summed E-state index contributed by atoms with van der Waals surface area (Å²) in [7, 11) is 2.01. The minimum atomic E-state index is 0.633. The van der Waals surface area contributed by atoms with Gasteiger partial charge in [-0.1, -0.05) is 0 Å². The van der Waals surface area contributed by atoms with Crippen LogP contribution in [0.5, 0.6) is 0 Å². The van der Waals surface area contributed by atoms with Crippen LogP contribution < -0.4 is 5.73 Å². The van der Waals surface area contributed by atoms with E-state index in [9.17, 15) is 0 Å². The van der Waals surface area contributed by atoms with Crippen LogP contribution in [0.25, 0.3) is 11.2 Å². The number of anilines is 1. The molecule has 0 atom stereocenters. The Bertz CT molecular complexity index is 496. The topological polar surface area (TPSA) is 56.7 Å². The van der Waals surface area contributed by atoms with Crippen molar-refractivity contribution < 1.29 is 0 Å². The Balaban J connectivity index is 2.33. The van der Waals surface area contributed by atoms with Crippen LogP contribution in [0.4, 0.5) is 5.69 Å². The molecule has 2 heterocycles. The number of pyridine rings is 1. The van der Waals surface area contributed by atoms with E-state index in [1.807, 2.05) is 7.05 Å². The molecule has 0 saturated heterocycles. The van der Waals surface area contributed by atoms with Gasteiger partial charge in [0.2, 0.25) is 0 Å². The molecule has 0 aliphatic heterocycles. The summed E-state index contributed by atoms with van der Waals surface area (Å²) in [5.41, 5.74) is 8.30. The molecule has 0 aromatic carbocycles. The maximum Gasteiger partial charge on any atom is 0.161 e. The average molecular weight is 188 g/mol. The van der Waals surface area contributed by atoms with Crippen molar-refractivity contribution in [3.8, 4) is 0 Å². The predicted molar refractivity (Wildman–Crippen MR) is 54.9 cm³/mol. The largest absolute Gasteiger partial charge is 0.397 e. The first-order valence-corrected chi connectivity index (χ1v) is 4.84. The molecule has 3 rings (SSSR count). The fraction of sp³-hybridized carbons (Fsp3) is 0.400. The van der Waals surface area contributed by atoms with Gasteiger partial charge in [-0.3, -0.25) is 0 Å².